The van der Waals surface area contributed by atoms with Crippen LogP contribution in [0, 0.1) is 0 Å². The van der Waals surface area contributed by atoms with Crippen molar-refractivity contribution in [3.63, 3.8) is 0 Å². The van der Waals surface area contributed by atoms with Crippen LogP contribution in [-0.2, 0) is 9.53 Å². The molecule has 0 saturated carbocycles. The standard InChI is InChI=1S/C15H26ClNO2/c16-10-9-13-5-1-3-11-17(13)15(18)8-7-14-6-2-4-12-19-14/h13-14H,1-12H2. The Balaban J connectivity index is 1.76. The number of amides is 1. The smallest absolute Gasteiger partial charge is 0.222 e. The van der Waals surface area contributed by atoms with Crippen molar-refractivity contribution in [1.82, 2.24) is 4.90 Å². The molecule has 2 heterocycles. The Morgan fingerprint density at radius 2 is 2.00 bits per heavy atom. The predicted octanol–water partition coefficient (Wildman–Crippen LogP) is 3.35. The van der Waals surface area contributed by atoms with Crippen LogP contribution in [0.4, 0.5) is 0 Å². The SMILES string of the molecule is O=C(CCC1CCCCO1)N1CCCCC1CCCl. The van der Waals surface area contributed by atoms with E-state index in [0.717, 1.165) is 45.3 Å². The number of likely N-dealkylation sites (tertiary alicyclic amines) is 1. The molecule has 1 amide bonds. The molecule has 2 fully saturated rings. The number of alkyl halides is 1. The van der Waals surface area contributed by atoms with Gasteiger partial charge in [0.2, 0.25) is 5.91 Å². The normalized spacial score (nSPS) is 28.4. The molecule has 0 radical (unpaired) electrons. The fourth-order valence-electron chi connectivity index (χ4n) is 3.22. The van der Waals surface area contributed by atoms with Gasteiger partial charge in [0, 0.05) is 31.5 Å². The second kappa shape index (κ2) is 8.11. The minimum absolute atomic E-state index is 0.309. The number of rotatable bonds is 5. The molecule has 0 aromatic heterocycles. The van der Waals surface area contributed by atoms with Gasteiger partial charge in [-0.05, 0) is 51.4 Å². The van der Waals surface area contributed by atoms with Gasteiger partial charge in [0.25, 0.3) is 0 Å². The lowest BCUT2D eigenvalue weighted by atomic mass is 9.98. The van der Waals surface area contributed by atoms with Gasteiger partial charge in [0.1, 0.15) is 0 Å². The minimum Gasteiger partial charge on any atom is -0.378 e. The zero-order valence-electron chi connectivity index (χ0n) is 11.8. The second-order valence-electron chi connectivity index (χ2n) is 5.74. The summed E-state index contributed by atoms with van der Waals surface area (Å²) in [6.07, 6.45) is 9.83. The number of hydrogen-bond acceptors (Lipinski definition) is 2. The summed E-state index contributed by atoms with van der Waals surface area (Å²) in [5.74, 6) is 0.962. The maximum Gasteiger partial charge on any atom is 0.222 e. The maximum absolute atomic E-state index is 12.4. The van der Waals surface area contributed by atoms with Gasteiger partial charge in [0.05, 0.1) is 6.10 Å². The highest BCUT2D eigenvalue weighted by Gasteiger charge is 2.26. The van der Waals surface area contributed by atoms with Crippen LogP contribution >= 0.6 is 11.6 Å². The first-order valence-corrected chi connectivity index (χ1v) is 8.31. The van der Waals surface area contributed by atoms with Gasteiger partial charge in [-0.25, -0.2) is 0 Å². The molecular formula is C15H26ClNO2. The van der Waals surface area contributed by atoms with E-state index in [4.69, 9.17) is 16.3 Å². The second-order valence-corrected chi connectivity index (χ2v) is 6.12. The predicted molar refractivity (Wildman–Crippen MR) is 77.5 cm³/mol. The van der Waals surface area contributed by atoms with Crippen LogP contribution < -0.4 is 0 Å². The number of piperidine rings is 1. The molecule has 3 nitrogen and oxygen atoms in total. The molecule has 0 aromatic carbocycles. The van der Waals surface area contributed by atoms with E-state index in [1.165, 1.54) is 19.3 Å². The largest absolute Gasteiger partial charge is 0.378 e. The molecule has 110 valence electrons. The summed E-state index contributed by atoms with van der Waals surface area (Å²) in [6, 6.07) is 0.381. The van der Waals surface area contributed by atoms with Crippen molar-refractivity contribution in [3.05, 3.63) is 0 Å². The van der Waals surface area contributed by atoms with Crippen molar-refractivity contribution < 1.29 is 9.53 Å². The number of hydrogen-bond donors (Lipinski definition) is 0. The van der Waals surface area contributed by atoms with Crippen molar-refractivity contribution in [3.8, 4) is 0 Å². The molecular weight excluding hydrogens is 262 g/mol. The monoisotopic (exact) mass is 287 g/mol. The first-order valence-electron chi connectivity index (χ1n) is 7.78. The van der Waals surface area contributed by atoms with Gasteiger partial charge >= 0.3 is 0 Å². The van der Waals surface area contributed by atoms with Crippen LogP contribution in [0.25, 0.3) is 0 Å². The number of halogens is 1. The molecule has 2 aliphatic rings. The third-order valence-electron chi connectivity index (χ3n) is 4.34. The molecule has 4 heteroatoms. The quantitative estimate of drug-likeness (QED) is 0.726. The molecule has 2 rings (SSSR count). The summed E-state index contributed by atoms with van der Waals surface area (Å²) in [5.41, 5.74) is 0. The van der Waals surface area contributed by atoms with E-state index in [2.05, 4.69) is 4.90 Å². The zero-order valence-corrected chi connectivity index (χ0v) is 12.5. The van der Waals surface area contributed by atoms with Gasteiger partial charge in [-0.3, -0.25) is 4.79 Å². The van der Waals surface area contributed by atoms with E-state index >= 15 is 0 Å². The van der Waals surface area contributed by atoms with Crippen LogP contribution in [0.5, 0.6) is 0 Å². The third kappa shape index (κ3) is 4.64. The van der Waals surface area contributed by atoms with Crippen molar-refractivity contribution in [1.29, 1.82) is 0 Å². The molecule has 2 atom stereocenters. The van der Waals surface area contributed by atoms with E-state index in [0.29, 0.717) is 30.4 Å². The number of carbonyl (C=O) groups is 1. The van der Waals surface area contributed by atoms with Crippen molar-refractivity contribution in [2.45, 2.75) is 69.9 Å². The summed E-state index contributed by atoms with van der Waals surface area (Å²) in [6.45, 7) is 1.79. The Bertz CT molecular complexity index is 277. The van der Waals surface area contributed by atoms with Gasteiger partial charge in [-0.1, -0.05) is 0 Å². The first-order chi connectivity index (χ1) is 9.31. The molecule has 0 N–H and O–H groups in total. The summed E-state index contributed by atoms with van der Waals surface area (Å²) in [7, 11) is 0. The Labute approximate surface area is 121 Å². The molecule has 0 bridgehead atoms. The summed E-state index contributed by atoms with van der Waals surface area (Å²) >= 11 is 5.85. The van der Waals surface area contributed by atoms with Gasteiger partial charge < -0.3 is 9.64 Å². The highest BCUT2D eigenvalue weighted by atomic mass is 35.5. The molecule has 2 aliphatic heterocycles. The first kappa shape index (κ1) is 15.1. The highest BCUT2D eigenvalue weighted by molar-refractivity contribution is 6.17. The maximum atomic E-state index is 12.4. The van der Waals surface area contributed by atoms with E-state index < -0.39 is 0 Å². The summed E-state index contributed by atoms with van der Waals surface area (Å²) in [5, 5.41) is 0. The fourth-order valence-corrected chi connectivity index (χ4v) is 3.47. The average Bonchev–Trinajstić information content (AvgIpc) is 2.47. The summed E-state index contributed by atoms with van der Waals surface area (Å²) < 4.78 is 5.70. The number of ether oxygens (including phenoxy) is 1. The molecule has 0 aromatic rings. The molecule has 0 aliphatic carbocycles. The van der Waals surface area contributed by atoms with Crippen molar-refractivity contribution in [2.75, 3.05) is 19.0 Å². The van der Waals surface area contributed by atoms with Crippen LogP contribution in [0.15, 0.2) is 0 Å². The van der Waals surface area contributed by atoms with Crippen LogP contribution in [0.2, 0.25) is 0 Å². The molecule has 2 saturated heterocycles. The Kier molecular flexibility index (Phi) is 6.45. The Morgan fingerprint density at radius 3 is 2.74 bits per heavy atom. The topological polar surface area (TPSA) is 29.5 Å². The van der Waals surface area contributed by atoms with Gasteiger partial charge in [-0.2, -0.15) is 0 Å². The Morgan fingerprint density at radius 1 is 1.16 bits per heavy atom. The lowest BCUT2D eigenvalue weighted by Crippen LogP contribution is -2.44. The van der Waals surface area contributed by atoms with Crippen LogP contribution in [0.1, 0.15) is 57.8 Å². The summed E-state index contributed by atoms with van der Waals surface area (Å²) in [4.78, 5) is 14.4. The van der Waals surface area contributed by atoms with Crippen LogP contribution in [0.3, 0.4) is 0 Å². The third-order valence-corrected chi connectivity index (χ3v) is 4.56. The minimum atomic E-state index is 0.309. The lowest BCUT2D eigenvalue weighted by Gasteiger charge is -2.36. The highest BCUT2D eigenvalue weighted by Crippen LogP contribution is 2.23. The van der Waals surface area contributed by atoms with Gasteiger partial charge in [0.15, 0.2) is 0 Å². The Hall–Kier alpha value is -0.280. The lowest BCUT2D eigenvalue weighted by molar-refractivity contribution is -0.136. The van der Waals surface area contributed by atoms with E-state index in [9.17, 15) is 4.79 Å². The van der Waals surface area contributed by atoms with E-state index in [-0.39, 0.29) is 0 Å². The van der Waals surface area contributed by atoms with E-state index in [1.54, 1.807) is 0 Å². The number of carbonyl (C=O) groups excluding carboxylic acids is 1. The van der Waals surface area contributed by atoms with Crippen LogP contribution in [-0.4, -0.2) is 42.0 Å². The molecule has 2 unspecified atom stereocenters. The van der Waals surface area contributed by atoms with Crippen molar-refractivity contribution in [2.24, 2.45) is 0 Å². The molecule has 19 heavy (non-hydrogen) atoms. The van der Waals surface area contributed by atoms with Gasteiger partial charge in [-0.15, -0.1) is 11.6 Å². The number of nitrogens with zero attached hydrogens (tertiary/aromatic N) is 1. The zero-order chi connectivity index (χ0) is 13.5. The van der Waals surface area contributed by atoms with Crippen molar-refractivity contribution >= 4 is 17.5 Å². The molecule has 0 spiro atoms. The van der Waals surface area contributed by atoms with E-state index in [1.807, 2.05) is 0 Å². The fraction of sp³-hybridized carbons (Fsp3) is 0.933. The average molecular weight is 288 g/mol.